The van der Waals surface area contributed by atoms with Crippen LogP contribution in [0.5, 0.6) is 5.75 Å². The van der Waals surface area contributed by atoms with E-state index in [1.807, 2.05) is 13.8 Å². The van der Waals surface area contributed by atoms with E-state index in [-0.39, 0.29) is 27.1 Å². The summed E-state index contributed by atoms with van der Waals surface area (Å²) in [5.41, 5.74) is 0.282. The van der Waals surface area contributed by atoms with Crippen molar-refractivity contribution in [2.45, 2.75) is 31.0 Å². The summed E-state index contributed by atoms with van der Waals surface area (Å²) >= 11 is 15.6. The Kier molecular flexibility index (Phi) is 6.50. The van der Waals surface area contributed by atoms with Crippen molar-refractivity contribution >= 4 is 50.9 Å². The average molecular weight is 398 g/mol. The van der Waals surface area contributed by atoms with E-state index in [2.05, 4.69) is 15.9 Å². The number of carboxylic acids is 1. The zero-order valence-electron chi connectivity index (χ0n) is 11.6. The first kappa shape index (κ1) is 18.3. The lowest BCUT2D eigenvalue weighted by Crippen LogP contribution is -2.30. The van der Waals surface area contributed by atoms with Crippen molar-refractivity contribution in [3.63, 3.8) is 0 Å². The monoisotopic (exact) mass is 396 g/mol. The second-order valence-corrected chi connectivity index (χ2v) is 6.70. The number of rotatable bonds is 7. The van der Waals surface area contributed by atoms with Crippen LogP contribution in [0, 0.1) is 0 Å². The molecule has 0 bridgehead atoms. The van der Waals surface area contributed by atoms with Gasteiger partial charge in [-0.1, -0.05) is 53.0 Å². The van der Waals surface area contributed by atoms with Gasteiger partial charge in [0.2, 0.25) is 0 Å². The topological polar surface area (TPSA) is 63.6 Å². The number of hydrogen-bond donors (Lipinski definition) is 1. The summed E-state index contributed by atoms with van der Waals surface area (Å²) in [6.07, 6.45) is 1.21. The third-order valence-electron chi connectivity index (χ3n) is 3.17. The highest BCUT2D eigenvalue weighted by molar-refractivity contribution is 9.10. The summed E-state index contributed by atoms with van der Waals surface area (Å²) in [6.45, 7) is 3.27. The summed E-state index contributed by atoms with van der Waals surface area (Å²) in [5.74, 6) is -1.16. The normalized spacial score (nSPS) is 11.3. The molecule has 0 aliphatic rings. The van der Waals surface area contributed by atoms with Crippen molar-refractivity contribution in [1.29, 1.82) is 0 Å². The summed E-state index contributed by atoms with van der Waals surface area (Å²) in [6, 6.07) is 2.94. The first-order chi connectivity index (χ1) is 9.76. The van der Waals surface area contributed by atoms with Crippen LogP contribution in [0.2, 0.25) is 10.0 Å². The minimum atomic E-state index is -1.13. The van der Waals surface area contributed by atoms with Crippen molar-refractivity contribution in [3.8, 4) is 5.75 Å². The molecule has 4 nitrogen and oxygen atoms in total. The highest BCUT2D eigenvalue weighted by Gasteiger charge is 2.34. The van der Waals surface area contributed by atoms with Gasteiger partial charge in [0, 0.05) is 5.56 Å². The minimum absolute atomic E-state index is 0.0332. The molecule has 0 spiro atoms. The van der Waals surface area contributed by atoms with Crippen molar-refractivity contribution in [3.05, 3.63) is 27.7 Å². The van der Waals surface area contributed by atoms with Gasteiger partial charge < -0.3 is 9.84 Å². The standard InChI is InChI=1S/C14H15BrCl2O4/c1-3-14(15,4-2)13(20)8-5-6-9(12(17)11(8)16)21-7-10(18)19/h5-6H,3-4,7H2,1-2H3,(H,18,19). The van der Waals surface area contributed by atoms with Gasteiger partial charge in [0.05, 0.1) is 9.35 Å². The van der Waals surface area contributed by atoms with Gasteiger partial charge in [-0.3, -0.25) is 4.79 Å². The van der Waals surface area contributed by atoms with E-state index in [0.29, 0.717) is 12.8 Å². The molecule has 0 unspecified atom stereocenters. The molecule has 0 fully saturated rings. The Balaban J connectivity index is 3.15. The van der Waals surface area contributed by atoms with E-state index in [9.17, 15) is 9.59 Å². The van der Waals surface area contributed by atoms with Crippen LogP contribution in [0.4, 0.5) is 0 Å². The quantitative estimate of drug-likeness (QED) is 0.539. The zero-order valence-corrected chi connectivity index (χ0v) is 14.7. The van der Waals surface area contributed by atoms with E-state index in [0.717, 1.165) is 0 Å². The fourth-order valence-electron chi connectivity index (χ4n) is 1.77. The van der Waals surface area contributed by atoms with Gasteiger partial charge in [0.15, 0.2) is 12.4 Å². The van der Waals surface area contributed by atoms with E-state index in [1.54, 1.807) is 0 Å². The minimum Gasteiger partial charge on any atom is -0.480 e. The lowest BCUT2D eigenvalue weighted by atomic mass is 9.92. The predicted octanol–water partition coefficient (Wildman–Crippen LogP) is 4.59. The summed E-state index contributed by atoms with van der Waals surface area (Å²) in [4.78, 5) is 23.0. The maximum absolute atomic E-state index is 12.6. The van der Waals surface area contributed by atoms with Crippen molar-refractivity contribution in [1.82, 2.24) is 0 Å². The Hall–Kier alpha value is -0.780. The van der Waals surface area contributed by atoms with Gasteiger partial charge in [-0.25, -0.2) is 4.79 Å². The van der Waals surface area contributed by atoms with Crippen LogP contribution in [-0.4, -0.2) is 27.8 Å². The molecule has 1 aromatic rings. The molecule has 0 saturated carbocycles. The van der Waals surface area contributed by atoms with E-state index in [1.165, 1.54) is 12.1 Å². The second-order valence-electron chi connectivity index (χ2n) is 4.42. The molecule has 0 heterocycles. The zero-order chi connectivity index (χ0) is 16.2. The van der Waals surface area contributed by atoms with Crippen LogP contribution in [0.1, 0.15) is 37.0 Å². The number of halogens is 3. The van der Waals surface area contributed by atoms with Crippen LogP contribution >= 0.6 is 39.1 Å². The Morgan fingerprint density at radius 3 is 2.29 bits per heavy atom. The number of ketones is 1. The molecule has 0 aromatic heterocycles. The number of carboxylic acid groups (broad SMARTS) is 1. The smallest absolute Gasteiger partial charge is 0.341 e. The number of hydrogen-bond acceptors (Lipinski definition) is 3. The van der Waals surface area contributed by atoms with E-state index < -0.39 is 16.9 Å². The van der Waals surface area contributed by atoms with Crippen molar-refractivity contribution in [2.24, 2.45) is 0 Å². The number of alkyl halides is 1. The Morgan fingerprint density at radius 1 is 1.24 bits per heavy atom. The molecule has 0 radical (unpaired) electrons. The molecule has 21 heavy (non-hydrogen) atoms. The van der Waals surface area contributed by atoms with Crippen LogP contribution in [-0.2, 0) is 4.79 Å². The van der Waals surface area contributed by atoms with Crippen LogP contribution in [0.15, 0.2) is 12.1 Å². The molecular formula is C14H15BrCl2O4. The second kappa shape index (κ2) is 7.47. The van der Waals surface area contributed by atoms with Gasteiger partial charge in [0.1, 0.15) is 10.8 Å². The summed E-state index contributed by atoms with van der Waals surface area (Å²) < 4.78 is 4.32. The molecule has 0 aliphatic carbocycles. The largest absolute Gasteiger partial charge is 0.480 e. The molecule has 7 heteroatoms. The van der Waals surface area contributed by atoms with Crippen LogP contribution in [0.25, 0.3) is 0 Å². The fourth-order valence-corrected chi connectivity index (χ4v) is 2.45. The van der Waals surface area contributed by atoms with Crippen LogP contribution in [0.3, 0.4) is 0 Å². The molecule has 0 saturated heterocycles. The lowest BCUT2D eigenvalue weighted by Gasteiger charge is -2.23. The fraction of sp³-hybridized carbons (Fsp3) is 0.429. The van der Waals surface area contributed by atoms with Crippen molar-refractivity contribution < 1.29 is 19.4 Å². The Bertz CT molecular complexity index is 556. The number of Topliss-reactive ketones (excluding diaryl/α,β-unsaturated/α-hetero) is 1. The van der Waals surface area contributed by atoms with Crippen molar-refractivity contribution in [2.75, 3.05) is 6.61 Å². The van der Waals surface area contributed by atoms with Gasteiger partial charge in [0.25, 0.3) is 0 Å². The Morgan fingerprint density at radius 2 is 1.81 bits per heavy atom. The molecule has 0 atom stereocenters. The predicted molar refractivity (Wildman–Crippen MR) is 86.2 cm³/mol. The number of aliphatic carboxylic acids is 1. The molecule has 1 rings (SSSR count). The maximum atomic E-state index is 12.6. The molecule has 1 aromatic carbocycles. The number of carbonyl (C=O) groups is 2. The highest BCUT2D eigenvalue weighted by atomic mass is 79.9. The van der Waals surface area contributed by atoms with Gasteiger partial charge >= 0.3 is 5.97 Å². The van der Waals surface area contributed by atoms with Crippen LogP contribution < -0.4 is 4.74 Å². The molecular weight excluding hydrogens is 383 g/mol. The third kappa shape index (κ3) is 4.11. The van der Waals surface area contributed by atoms with E-state index >= 15 is 0 Å². The van der Waals surface area contributed by atoms with E-state index in [4.69, 9.17) is 33.0 Å². The molecule has 0 amide bonds. The Labute approximate surface area is 141 Å². The first-order valence-corrected chi connectivity index (χ1v) is 7.88. The number of benzene rings is 1. The third-order valence-corrected chi connectivity index (χ3v) is 5.52. The average Bonchev–Trinajstić information content (AvgIpc) is 2.47. The number of ether oxygens (including phenoxy) is 1. The molecule has 1 N–H and O–H groups in total. The molecule has 116 valence electrons. The maximum Gasteiger partial charge on any atom is 0.341 e. The lowest BCUT2D eigenvalue weighted by molar-refractivity contribution is -0.139. The highest BCUT2D eigenvalue weighted by Crippen LogP contribution is 2.39. The van der Waals surface area contributed by atoms with Gasteiger partial charge in [-0.05, 0) is 25.0 Å². The first-order valence-electron chi connectivity index (χ1n) is 6.33. The van der Waals surface area contributed by atoms with Gasteiger partial charge in [-0.2, -0.15) is 0 Å². The SMILES string of the molecule is CCC(Br)(CC)C(=O)c1ccc(OCC(=O)O)c(Cl)c1Cl. The summed E-state index contributed by atoms with van der Waals surface area (Å²) in [7, 11) is 0. The number of carbonyl (C=O) groups excluding carboxylic acids is 1. The molecule has 0 aliphatic heterocycles. The van der Waals surface area contributed by atoms with Gasteiger partial charge in [-0.15, -0.1) is 0 Å². The summed E-state index contributed by atoms with van der Waals surface area (Å²) in [5, 5.41) is 8.69.